The zero-order valence-electron chi connectivity index (χ0n) is 10.8. The number of halogens is 3. The van der Waals surface area contributed by atoms with Crippen molar-refractivity contribution in [3.63, 3.8) is 0 Å². The second-order valence-electron chi connectivity index (χ2n) is 4.41. The van der Waals surface area contributed by atoms with Gasteiger partial charge in [0.2, 0.25) is 0 Å². The summed E-state index contributed by atoms with van der Waals surface area (Å²) in [5.74, 6) is -0.560. The van der Waals surface area contributed by atoms with Gasteiger partial charge in [0, 0.05) is 18.8 Å². The number of amides is 1. The molecule has 1 amide bonds. The Balaban J connectivity index is 3.01. The molecular weight excluding hydrogens is 278 g/mol. The molecular formula is C12H17ClF2N2O2. The molecule has 0 aliphatic carbocycles. The highest BCUT2D eigenvalue weighted by Gasteiger charge is 2.23. The van der Waals surface area contributed by atoms with E-state index in [-0.39, 0.29) is 24.9 Å². The van der Waals surface area contributed by atoms with E-state index in [4.69, 9.17) is 16.7 Å². The first kappa shape index (κ1) is 15.9. The minimum absolute atomic E-state index is 0.0195. The molecule has 0 saturated heterocycles. The van der Waals surface area contributed by atoms with Gasteiger partial charge in [0.05, 0.1) is 18.2 Å². The van der Waals surface area contributed by atoms with E-state index < -0.39 is 18.9 Å². The molecule has 0 saturated carbocycles. The third-order valence-electron chi connectivity index (χ3n) is 2.61. The van der Waals surface area contributed by atoms with Crippen LogP contribution in [0.4, 0.5) is 8.78 Å². The van der Waals surface area contributed by atoms with E-state index in [0.717, 1.165) is 4.90 Å². The number of hydrogen-bond donors (Lipinski definition) is 1. The Hall–Kier alpha value is -1.14. The molecule has 0 aliphatic heterocycles. The fourth-order valence-electron chi connectivity index (χ4n) is 1.77. The van der Waals surface area contributed by atoms with Gasteiger partial charge < -0.3 is 14.6 Å². The van der Waals surface area contributed by atoms with Crippen LogP contribution in [0.15, 0.2) is 12.3 Å². The van der Waals surface area contributed by atoms with Gasteiger partial charge in [-0.15, -0.1) is 0 Å². The highest BCUT2D eigenvalue weighted by atomic mass is 35.5. The minimum Gasteiger partial charge on any atom is -0.395 e. The Morgan fingerprint density at radius 3 is 2.63 bits per heavy atom. The third kappa shape index (κ3) is 4.18. The van der Waals surface area contributed by atoms with Crippen LogP contribution >= 0.6 is 11.6 Å². The summed E-state index contributed by atoms with van der Waals surface area (Å²) in [6.07, 6.45) is -1.06. The monoisotopic (exact) mass is 294 g/mol. The Morgan fingerprint density at radius 2 is 2.16 bits per heavy atom. The van der Waals surface area contributed by atoms with Gasteiger partial charge in [-0.2, -0.15) is 0 Å². The molecule has 0 radical (unpaired) electrons. The number of aliphatic hydroxyl groups excluding tert-OH is 1. The quantitative estimate of drug-likeness (QED) is 0.876. The molecule has 108 valence electrons. The van der Waals surface area contributed by atoms with E-state index in [0.29, 0.717) is 5.02 Å². The van der Waals surface area contributed by atoms with Crippen LogP contribution in [-0.2, 0) is 0 Å². The summed E-state index contributed by atoms with van der Waals surface area (Å²) in [5, 5.41) is 9.23. The molecule has 4 nitrogen and oxygen atoms in total. The summed E-state index contributed by atoms with van der Waals surface area (Å²) in [5.41, 5.74) is 0.245. The molecule has 0 spiro atoms. The Bertz CT molecular complexity index is 435. The molecule has 7 heteroatoms. The molecule has 1 heterocycles. The molecule has 0 unspecified atom stereocenters. The summed E-state index contributed by atoms with van der Waals surface area (Å²) >= 11 is 5.85. The first-order valence-corrected chi connectivity index (χ1v) is 6.30. The zero-order valence-corrected chi connectivity index (χ0v) is 11.6. The lowest BCUT2D eigenvalue weighted by Gasteiger charge is -2.22. The summed E-state index contributed by atoms with van der Waals surface area (Å²) in [6.45, 7) is 2.51. The Kier molecular flexibility index (Phi) is 5.75. The average molecular weight is 295 g/mol. The fraction of sp³-hybridized carbons (Fsp3) is 0.583. The van der Waals surface area contributed by atoms with Gasteiger partial charge in [-0.25, -0.2) is 8.78 Å². The number of carbonyl (C=O) groups excluding carboxylic acids is 1. The van der Waals surface area contributed by atoms with Gasteiger partial charge in [0.15, 0.2) is 0 Å². The highest BCUT2D eigenvalue weighted by molar-refractivity contribution is 6.31. The largest absolute Gasteiger partial charge is 0.395 e. The van der Waals surface area contributed by atoms with Crippen LogP contribution in [0.25, 0.3) is 0 Å². The van der Waals surface area contributed by atoms with E-state index in [2.05, 4.69) is 0 Å². The van der Waals surface area contributed by atoms with Crippen LogP contribution in [0.3, 0.4) is 0 Å². The molecule has 19 heavy (non-hydrogen) atoms. The molecule has 1 aromatic rings. The lowest BCUT2D eigenvalue weighted by Crippen LogP contribution is -2.38. The number of aromatic nitrogens is 1. The minimum atomic E-state index is -2.64. The third-order valence-corrected chi connectivity index (χ3v) is 2.81. The molecule has 0 aromatic carbocycles. The average Bonchev–Trinajstić information content (AvgIpc) is 2.69. The highest BCUT2D eigenvalue weighted by Crippen LogP contribution is 2.20. The van der Waals surface area contributed by atoms with Crippen molar-refractivity contribution in [2.24, 2.45) is 0 Å². The van der Waals surface area contributed by atoms with Crippen molar-refractivity contribution in [1.29, 1.82) is 0 Å². The summed E-state index contributed by atoms with van der Waals surface area (Å²) < 4.78 is 26.5. The number of hydrogen-bond acceptors (Lipinski definition) is 2. The van der Waals surface area contributed by atoms with Gasteiger partial charge in [-0.1, -0.05) is 11.6 Å². The van der Waals surface area contributed by atoms with Gasteiger partial charge in [0.25, 0.3) is 12.3 Å². The van der Waals surface area contributed by atoms with Crippen LogP contribution in [0.1, 0.15) is 30.4 Å². The molecule has 1 aromatic heterocycles. The Morgan fingerprint density at radius 1 is 1.53 bits per heavy atom. The molecule has 0 fully saturated rings. The van der Waals surface area contributed by atoms with Crippen LogP contribution in [0, 0.1) is 0 Å². The van der Waals surface area contributed by atoms with Gasteiger partial charge in [-0.3, -0.25) is 4.79 Å². The molecule has 0 bridgehead atoms. The number of carbonyl (C=O) groups is 1. The van der Waals surface area contributed by atoms with Crippen molar-refractivity contribution in [2.75, 3.05) is 19.7 Å². The van der Waals surface area contributed by atoms with Crippen molar-refractivity contribution in [1.82, 2.24) is 9.47 Å². The maximum Gasteiger partial charge on any atom is 0.270 e. The van der Waals surface area contributed by atoms with E-state index in [9.17, 15) is 13.6 Å². The second kappa shape index (κ2) is 6.86. The topological polar surface area (TPSA) is 45.5 Å². The molecule has 1 rings (SSSR count). The van der Waals surface area contributed by atoms with E-state index in [1.807, 2.05) is 13.8 Å². The fourth-order valence-corrected chi connectivity index (χ4v) is 1.98. The number of aliphatic hydroxyl groups is 1. The SMILES string of the molecule is CC(C)n1cc(Cl)cc1C(=O)N(CCO)CC(F)F. The first-order chi connectivity index (χ1) is 8.86. The van der Waals surface area contributed by atoms with Crippen LogP contribution in [0.2, 0.25) is 5.02 Å². The summed E-state index contributed by atoms with van der Waals surface area (Å²) in [6, 6.07) is 1.42. The van der Waals surface area contributed by atoms with Crippen molar-refractivity contribution >= 4 is 17.5 Å². The van der Waals surface area contributed by atoms with Crippen molar-refractivity contribution in [3.8, 4) is 0 Å². The second-order valence-corrected chi connectivity index (χ2v) is 4.85. The Labute approximate surface area is 115 Å². The normalized spacial score (nSPS) is 11.4. The van der Waals surface area contributed by atoms with Crippen LogP contribution in [-0.4, -0.2) is 46.6 Å². The maximum absolute atomic E-state index is 12.4. The number of rotatable bonds is 6. The smallest absolute Gasteiger partial charge is 0.270 e. The van der Waals surface area contributed by atoms with Crippen LogP contribution < -0.4 is 0 Å². The van der Waals surface area contributed by atoms with Gasteiger partial charge in [0.1, 0.15) is 5.69 Å². The predicted molar refractivity (Wildman–Crippen MR) is 68.8 cm³/mol. The lowest BCUT2D eigenvalue weighted by molar-refractivity contribution is 0.0499. The van der Waals surface area contributed by atoms with Crippen molar-refractivity contribution in [2.45, 2.75) is 26.3 Å². The predicted octanol–water partition coefficient (Wildman–Crippen LogP) is 2.42. The van der Waals surface area contributed by atoms with Gasteiger partial charge >= 0.3 is 0 Å². The first-order valence-electron chi connectivity index (χ1n) is 5.92. The molecule has 1 N–H and O–H groups in total. The summed E-state index contributed by atoms with van der Waals surface area (Å²) in [7, 11) is 0. The standard InChI is InChI=1S/C12H17ClF2N2O2/c1-8(2)17-6-9(13)5-10(17)12(19)16(3-4-18)7-11(14)15/h5-6,8,11,18H,3-4,7H2,1-2H3. The van der Waals surface area contributed by atoms with E-state index in [1.165, 1.54) is 6.07 Å². The maximum atomic E-state index is 12.4. The van der Waals surface area contributed by atoms with Crippen molar-refractivity contribution in [3.05, 3.63) is 23.0 Å². The van der Waals surface area contributed by atoms with Crippen LogP contribution in [0.5, 0.6) is 0 Å². The van der Waals surface area contributed by atoms with Gasteiger partial charge in [-0.05, 0) is 19.9 Å². The number of alkyl halides is 2. The summed E-state index contributed by atoms with van der Waals surface area (Å²) in [4.78, 5) is 13.1. The molecule has 0 atom stereocenters. The lowest BCUT2D eigenvalue weighted by atomic mass is 10.3. The molecule has 0 aliphatic rings. The van der Waals surface area contributed by atoms with Crippen molar-refractivity contribution < 1.29 is 18.7 Å². The zero-order chi connectivity index (χ0) is 14.6. The number of nitrogens with zero attached hydrogens (tertiary/aromatic N) is 2. The van der Waals surface area contributed by atoms with E-state index in [1.54, 1.807) is 10.8 Å². The van der Waals surface area contributed by atoms with E-state index >= 15 is 0 Å².